The Morgan fingerprint density at radius 2 is 1.98 bits per heavy atom. The number of carbonyl (C=O) groups excluding carboxylic acids is 1. The number of piperazine rings is 1. The standard InChI is InChI=1S/C31H39F2N5O4/c1-41-20-31(40)15-6-5-9-26(31)38-21-36-27(28(38)22-7-3-2-4-8-22)29(39)37-18-17-34-19-24(37)14-16-35-23-10-12-25(13-11-23)42-30(32)33/h2-4,7-8,10-13,21,24,26,30,34-35,40H,5-6,9,14-20H2,1H3/t24-,26-,31-/m1/s1. The number of benzene rings is 2. The van der Waals surface area contributed by atoms with Crippen molar-refractivity contribution in [2.75, 3.05) is 45.2 Å². The minimum atomic E-state index is -2.86. The number of halogens is 2. The van der Waals surface area contributed by atoms with Crippen LogP contribution in [0.2, 0.25) is 0 Å². The molecular weight excluding hydrogens is 544 g/mol. The second kappa shape index (κ2) is 13.6. The van der Waals surface area contributed by atoms with E-state index in [1.807, 2.05) is 39.8 Å². The first kappa shape index (κ1) is 29.9. The van der Waals surface area contributed by atoms with Gasteiger partial charge in [-0.2, -0.15) is 8.78 Å². The number of imidazole rings is 1. The monoisotopic (exact) mass is 583 g/mol. The van der Waals surface area contributed by atoms with Gasteiger partial charge >= 0.3 is 6.61 Å². The van der Waals surface area contributed by atoms with Gasteiger partial charge in [-0.1, -0.05) is 43.2 Å². The van der Waals surface area contributed by atoms with Crippen LogP contribution in [0.1, 0.15) is 48.6 Å². The van der Waals surface area contributed by atoms with Crippen LogP contribution >= 0.6 is 0 Å². The van der Waals surface area contributed by atoms with E-state index in [-0.39, 0.29) is 30.3 Å². The zero-order valence-electron chi connectivity index (χ0n) is 23.8. The van der Waals surface area contributed by atoms with Gasteiger partial charge in [-0.15, -0.1) is 0 Å². The predicted molar refractivity (Wildman–Crippen MR) is 156 cm³/mol. The Morgan fingerprint density at radius 1 is 1.19 bits per heavy atom. The SMILES string of the molecule is COC[C@]1(O)CCCC[C@H]1n1cnc(C(=O)N2CCNC[C@H]2CCNc2ccc(OC(F)F)cc2)c1-c1ccccc1. The Kier molecular flexibility index (Phi) is 9.71. The molecule has 0 bridgehead atoms. The third-order valence-electron chi connectivity index (χ3n) is 8.23. The van der Waals surface area contributed by atoms with Crippen molar-refractivity contribution in [3.8, 4) is 17.0 Å². The molecule has 3 N–H and O–H groups in total. The smallest absolute Gasteiger partial charge is 0.387 e. The molecule has 2 aliphatic rings. The number of alkyl halides is 2. The van der Waals surface area contributed by atoms with E-state index in [9.17, 15) is 18.7 Å². The van der Waals surface area contributed by atoms with E-state index in [0.717, 1.165) is 30.5 Å². The molecule has 1 aliphatic heterocycles. The summed E-state index contributed by atoms with van der Waals surface area (Å²) < 4.78 is 36.7. The van der Waals surface area contributed by atoms with E-state index in [2.05, 4.69) is 20.4 Å². The average molecular weight is 584 g/mol. The highest BCUT2D eigenvalue weighted by atomic mass is 19.3. The number of hydrogen-bond acceptors (Lipinski definition) is 7. The minimum absolute atomic E-state index is 0.0749. The van der Waals surface area contributed by atoms with Crippen LogP contribution in [-0.4, -0.2) is 83.6 Å². The van der Waals surface area contributed by atoms with Crippen molar-refractivity contribution >= 4 is 11.6 Å². The molecular formula is C31H39F2N5O4. The van der Waals surface area contributed by atoms with Gasteiger partial charge in [0.15, 0.2) is 5.69 Å². The molecule has 9 nitrogen and oxygen atoms in total. The highest BCUT2D eigenvalue weighted by molar-refractivity contribution is 5.98. The summed E-state index contributed by atoms with van der Waals surface area (Å²) in [6.45, 7) is -0.203. The molecule has 42 heavy (non-hydrogen) atoms. The number of aromatic nitrogens is 2. The van der Waals surface area contributed by atoms with Gasteiger partial charge in [0, 0.05) is 50.6 Å². The molecule has 226 valence electrons. The lowest BCUT2D eigenvalue weighted by Crippen LogP contribution is -2.54. The van der Waals surface area contributed by atoms with Crippen molar-refractivity contribution in [2.24, 2.45) is 0 Å². The maximum absolute atomic E-state index is 14.2. The Balaban J connectivity index is 1.36. The van der Waals surface area contributed by atoms with Crippen LogP contribution in [0, 0.1) is 0 Å². The summed E-state index contributed by atoms with van der Waals surface area (Å²) in [6.07, 6.45) is 5.65. The van der Waals surface area contributed by atoms with Gasteiger partial charge in [-0.3, -0.25) is 4.79 Å². The van der Waals surface area contributed by atoms with E-state index in [1.165, 1.54) is 12.1 Å². The fourth-order valence-corrected chi connectivity index (χ4v) is 6.22. The fourth-order valence-electron chi connectivity index (χ4n) is 6.22. The lowest BCUT2D eigenvalue weighted by Gasteiger charge is -2.41. The average Bonchev–Trinajstić information content (AvgIpc) is 3.43. The molecule has 1 saturated carbocycles. The molecule has 3 aromatic rings. The van der Waals surface area contributed by atoms with Crippen LogP contribution in [0.4, 0.5) is 14.5 Å². The van der Waals surface area contributed by atoms with Crippen LogP contribution in [0.25, 0.3) is 11.3 Å². The molecule has 0 radical (unpaired) electrons. The van der Waals surface area contributed by atoms with Crippen molar-refractivity contribution in [1.29, 1.82) is 0 Å². The van der Waals surface area contributed by atoms with Gasteiger partial charge in [0.05, 0.1) is 24.7 Å². The van der Waals surface area contributed by atoms with E-state index >= 15 is 0 Å². The summed E-state index contributed by atoms with van der Waals surface area (Å²) in [7, 11) is 1.60. The molecule has 1 amide bonds. The molecule has 0 spiro atoms. The highest BCUT2D eigenvalue weighted by Gasteiger charge is 2.42. The van der Waals surface area contributed by atoms with Gasteiger partial charge < -0.3 is 34.7 Å². The summed E-state index contributed by atoms with van der Waals surface area (Å²) in [5.41, 5.74) is 1.69. The van der Waals surface area contributed by atoms with Crippen molar-refractivity contribution in [1.82, 2.24) is 19.8 Å². The molecule has 11 heteroatoms. The topological polar surface area (TPSA) is 101 Å². The first-order chi connectivity index (χ1) is 20.4. The summed E-state index contributed by atoms with van der Waals surface area (Å²) in [4.78, 5) is 20.8. The van der Waals surface area contributed by atoms with E-state index < -0.39 is 12.2 Å². The van der Waals surface area contributed by atoms with Crippen LogP contribution in [0.5, 0.6) is 5.75 Å². The number of nitrogens with zero attached hydrogens (tertiary/aromatic N) is 3. The molecule has 1 saturated heterocycles. The number of hydrogen-bond donors (Lipinski definition) is 3. The van der Waals surface area contributed by atoms with Gasteiger partial charge in [0.2, 0.25) is 0 Å². The van der Waals surface area contributed by atoms with Crippen LogP contribution in [-0.2, 0) is 4.74 Å². The van der Waals surface area contributed by atoms with Crippen molar-refractivity contribution in [3.63, 3.8) is 0 Å². The highest BCUT2D eigenvalue weighted by Crippen LogP contribution is 2.41. The zero-order chi connectivity index (χ0) is 29.5. The van der Waals surface area contributed by atoms with Gasteiger partial charge in [0.25, 0.3) is 5.91 Å². The van der Waals surface area contributed by atoms with Gasteiger partial charge in [-0.05, 0) is 43.5 Å². The number of nitrogens with one attached hydrogen (secondary N) is 2. The Morgan fingerprint density at radius 3 is 2.71 bits per heavy atom. The number of aliphatic hydroxyl groups is 1. The van der Waals surface area contributed by atoms with E-state index in [1.54, 1.807) is 25.6 Å². The second-order valence-corrected chi connectivity index (χ2v) is 11.0. The number of carbonyl (C=O) groups is 1. The van der Waals surface area contributed by atoms with Crippen molar-refractivity contribution in [3.05, 3.63) is 66.6 Å². The molecule has 1 aromatic heterocycles. The summed E-state index contributed by atoms with van der Waals surface area (Å²) in [5.74, 6) is -0.0370. The molecule has 5 rings (SSSR count). The molecule has 2 aromatic carbocycles. The number of amides is 1. The first-order valence-electron chi connectivity index (χ1n) is 14.5. The fraction of sp³-hybridized carbons (Fsp3) is 0.484. The van der Waals surface area contributed by atoms with Crippen molar-refractivity contribution in [2.45, 2.75) is 56.4 Å². The van der Waals surface area contributed by atoms with Gasteiger partial charge in [-0.25, -0.2) is 4.98 Å². The molecule has 1 aliphatic carbocycles. The number of anilines is 1. The first-order valence-corrected chi connectivity index (χ1v) is 14.5. The Labute approximate surface area is 244 Å². The third-order valence-corrected chi connectivity index (χ3v) is 8.23. The summed E-state index contributed by atoms with van der Waals surface area (Å²) >= 11 is 0. The largest absolute Gasteiger partial charge is 0.435 e. The van der Waals surface area contributed by atoms with E-state index in [0.29, 0.717) is 50.4 Å². The summed E-state index contributed by atoms with van der Waals surface area (Å²) in [6, 6.07) is 15.8. The van der Waals surface area contributed by atoms with Crippen LogP contribution in [0.3, 0.4) is 0 Å². The predicted octanol–water partition coefficient (Wildman–Crippen LogP) is 4.56. The second-order valence-electron chi connectivity index (χ2n) is 11.0. The summed E-state index contributed by atoms with van der Waals surface area (Å²) in [5, 5.41) is 18.3. The number of methoxy groups -OCH3 is 1. The normalized spacial score (nSPS) is 22.7. The van der Waals surface area contributed by atoms with Crippen LogP contribution < -0.4 is 15.4 Å². The Bertz CT molecular complexity index is 1300. The third kappa shape index (κ3) is 6.74. The van der Waals surface area contributed by atoms with Crippen LogP contribution in [0.15, 0.2) is 60.9 Å². The lowest BCUT2D eigenvalue weighted by molar-refractivity contribution is -0.0893. The molecule has 2 heterocycles. The van der Waals surface area contributed by atoms with Gasteiger partial charge in [0.1, 0.15) is 11.4 Å². The molecule has 3 atom stereocenters. The van der Waals surface area contributed by atoms with E-state index in [4.69, 9.17) is 4.74 Å². The maximum Gasteiger partial charge on any atom is 0.387 e. The molecule has 2 fully saturated rings. The zero-order valence-corrected chi connectivity index (χ0v) is 23.8. The number of ether oxygens (including phenoxy) is 2. The maximum atomic E-state index is 14.2. The Hall–Kier alpha value is -3.54. The quantitative estimate of drug-likeness (QED) is 0.304. The van der Waals surface area contributed by atoms with Crippen molar-refractivity contribution < 1.29 is 28.2 Å². The molecule has 0 unspecified atom stereocenters. The minimum Gasteiger partial charge on any atom is -0.435 e. The lowest BCUT2D eigenvalue weighted by atomic mass is 9.80. The number of rotatable bonds is 11.